The topological polar surface area (TPSA) is 71.1 Å². The van der Waals surface area contributed by atoms with Gasteiger partial charge in [0.1, 0.15) is 5.75 Å². The van der Waals surface area contributed by atoms with Crippen molar-refractivity contribution in [2.45, 2.75) is 12.5 Å². The molecule has 2 amide bonds. The maximum absolute atomic E-state index is 12.6. The normalized spacial score (nSPS) is 21.1. The SMILES string of the molecule is COc1cccc(C(=O)N2CCN(C(=O)CC3COCCN3)CC2)c1. The number of methoxy groups -OCH3 is 1. The summed E-state index contributed by atoms with van der Waals surface area (Å²) in [5, 5.41) is 3.30. The van der Waals surface area contributed by atoms with Gasteiger partial charge in [-0.1, -0.05) is 6.07 Å². The van der Waals surface area contributed by atoms with Gasteiger partial charge in [0.25, 0.3) is 5.91 Å². The molecule has 1 unspecified atom stereocenters. The van der Waals surface area contributed by atoms with Crippen LogP contribution in [0, 0.1) is 0 Å². The first-order valence-electron chi connectivity index (χ1n) is 8.69. The minimum absolute atomic E-state index is 0.0200. The van der Waals surface area contributed by atoms with Gasteiger partial charge in [0.2, 0.25) is 5.91 Å². The highest BCUT2D eigenvalue weighted by molar-refractivity contribution is 5.94. The standard InChI is InChI=1S/C18H25N3O4/c1-24-16-4-2-3-14(11-16)18(23)21-8-6-20(7-9-21)17(22)12-15-13-25-10-5-19-15/h2-4,11,15,19H,5-10,12-13H2,1H3. The Kier molecular flexibility index (Phi) is 5.88. The lowest BCUT2D eigenvalue weighted by Crippen LogP contribution is -2.52. The first-order chi connectivity index (χ1) is 12.2. The molecule has 0 saturated carbocycles. The van der Waals surface area contributed by atoms with E-state index in [-0.39, 0.29) is 17.9 Å². The van der Waals surface area contributed by atoms with Gasteiger partial charge in [-0.2, -0.15) is 0 Å². The monoisotopic (exact) mass is 347 g/mol. The van der Waals surface area contributed by atoms with Crippen molar-refractivity contribution in [1.82, 2.24) is 15.1 Å². The van der Waals surface area contributed by atoms with Crippen molar-refractivity contribution in [3.63, 3.8) is 0 Å². The Bertz CT molecular complexity index is 608. The molecule has 3 rings (SSSR count). The summed E-state index contributed by atoms with van der Waals surface area (Å²) in [6, 6.07) is 7.26. The van der Waals surface area contributed by atoms with E-state index in [1.54, 1.807) is 24.1 Å². The van der Waals surface area contributed by atoms with Crippen LogP contribution in [-0.2, 0) is 9.53 Å². The number of ether oxygens (including phenoxy) is 2. The number of morpholine rings is 1. The van der Waals surface area contributed by atoms with E-state index >= 15 is 0 Å². The minimum atomic E-state index is -0.0200. The van der Waals surface area contributed by atoms with Gasteiger partial charge in [-0.3, -0.25) is 9.59 Å². The summed E-state index contributed by atoms with van der Waals surface area (Å²) in [4.78, 5) is 28.6. The number of nitrogens with one attached hydrogen (secondary N) is 1. The molecular formula is C18H25N3O4. The van der Waals surface area contributed by atoms with Crippen LogP contribution in [0.4, 0.5) is 0 Å². The molecule has 1 N–H and O–H groups in total. The maximum Gasteiger partial charge on any atom is 0.254 e. The van der Waals surface area contributed by atoms with Crippen molar-refractivity contribution in [3.8, 4) is 5.75 Å². The van der Waals surface area contributed by atoms with Crippen LogP contribution in [0.2, 0.25) is 0 Å². The van der Waals surface area contributed by atoms with Gasteiger partial charge in [-0.15, -0.1) is 0 Å². The highest BCUT2D eigenvalue weighted by Crippen LogP contribution is 2.16. The predicted octanol–water partition coefficient (Wildman–Crippen LogP) is 0.358. The molecule has 1 aromatic carbocycles. The zero-order chi connectivity index (χ0) is 17.6. The van der Waals surface area contributed by atoms with Gasteiger partial charge < -0.3 is 24.6 Å². The number of hydrogen-bond donors (Lipinski definition) is 1. The van der Waals surface area contributed by atoms with Crippen LogP contribution in [-0.4, -0.2) is 80.7 Å². The third-order valence-electron chi connectivity index (χ3n) is 4.66. The molecule has 0 spiro atoms. The summed E-state index contributed by atoms with van der Waals surface area (Å²) in [5.41, 5.74) is 0.614. The predicted molar refractivity (Wildman–Crippen MR) is 92.7 cm³/mol. The van der Waals surface area contributed by atoms with Gasteiger partial charge in [0.05, 0.1) is 20.3 Å². The van der Waals surface area contributed by atoms with Crippen LogP contribution in [0.15, 0.2) is 24.3 Å². The average molecular weight is 347 g/mol. The van der Waals surface area contributed by atoms with Gasteiger partial charge in [-0.05, 0) is 18.2 Å². The molecule has 0 aromatic heterocycles. The van der Waals surface area contributed by atoms with E-state index in [2.05, 4.69) is 5.32 Å². The first kappa shape index (κ1) is 17.7. The second-order valence-electron chi connectivity index (χ2n) is 6.34. The summed E-state index contributed by atoms with van der Waals surface area (Å²) >= 11 is 0. The Hall–Kier alpha value is -2.12. The number of hydrogen-bond acceptors (Lipinski definition) is 5. The zero-order valence-electron chi connectivity index (χ0n) is 14.6. The Balaban J connectivity index is 1.50. The van der Waals surface area contributed by atoms with Crippen LogP contribution < -0.4 is 10.1 Å². The van der Waals surface area contributed by atoms with Crippen LogP contribution in [0.5, 0.6) is 5.75 Å². The van der Waals surface area contributed by atoms with Crippen molar-refractivity contribution < 1.29 is 19.1 Å². The second-order valence-corrected chi connectivity index (χ2v) is 6.34. The summed E-state index contributed by atoms with van der Waals surface area (Å²) < 4.78 is 10.6. The van der Waals surface area contributed by atoms with E-state index in [4.69, 9.17) is 9.47 Å². The van der Waals surface area contributed by atoms with Gasteiger partial charge in [-0.25, -0.2) is 0 Å². The molecule has 1 atom stereocenters. The van der Waals surface area contributed by atoms with E-state index in [1.807, 2.05) is 17.0 Å². The van der Waals surface area contributed by atoms with Crippen LogP contribution in [0.3, 0.4) is 0 Å². The summed E-state index contributed by atoms with van der Waals surface area (Å²) in [7, 11) is 1.58. The highest BCUT2D eigenvalue weighted by atomic mass is 16.5. The fourth-order valence-electron chi connectivity index (χ4n) is 3.19. The third-order valence-corrected chi connectivity index (χ3v) is 4.66. The zero-order valence-corrected chi connectivity index (χ0v) is 14.6. The Morgan fingerprint density at radius 1 is 1.24 bits per heavy atom. The Labute approximate surface area is 147 Å². The molecule has 0 radical (unpaired) electrons. The van der Waals surface area contributed by atoms with Crippen LogP contribution >= 0.6 is 0 Å². The molecular weight excluding hydrogens is 322 g/mol. The lowest BCUT2D eigenvalue weighted by Gasteiger charge is -2.36. The lowest BCUT2D eigenvalue weighted by atomic mass is 10.1. The van der Waals surface area contributed by atoms with Crippen molar-refractivity contribution in [3.05, 3.63) is 29.8 Å². The molecule has 2 aliphatic rings. The molecule has 25 heavy (non-hydrogen) atoms. The van der Waals surface area contributed by atoms with E-state index in [0.29, 0.717) is 57.1 Å². The number of amides is 2. The molecule has 2 heterocycles. The Morgan fingerprint density at radius 2 is 2.00 bits per heavy atom. The van der Waals surface area contributed by atoms with Crippen LogP contribution in [0.1, 0.15) is 16.8 Å². The number of benzene rings is 1. The van der Waals surface area contributed by atoms with Crippen molar-refractivity contribution in [2.24, 2.45) is 0 Å². The number of carbonyl (C=O) groups excluding carboxylic acids is 2. The number of rotatable bonds is 4. The van der Waals surface area contributed by atoms with Gasteiger partial charge >= 0.3 is 0 Å². The first-order valence-corrected chi connectivity index (χ1v) is 8.69. The number of nitrogens with zero attached hydrogens (tertiary/aromatic N) is 2. The summed E-state index contributed by atoms with van der Waals surface area (Å²) in [5.74, 6) is 0.770. The van der Waals surface area contributed by atoms with E-state index in [9.17, 15) is 9.59 Å². The molecule has 136 valence electrons. The molecule has 7 nitrogen and oxygen atoms in total. The number of piperazine rings is 1. The molecule has 0 bridgehead atoms. The minimum Gasteiger partial charge on any atom is -0.497 e. The van der Waals surface area contributed by atoms with Crippen molar-refractivity contribution >= 4 is 11.8 Å². The van der Waals surface area contributed by atoms with E-state index < -0.39 is 0 Å². The summed E-state index contributed by atoms with van der Waals surface area (Å²) in [6.45, 7) is 4.33. The highest BCUT2D eigenvalue weighted by Gasteiger charge is 2.27. The second kappa shape index (κ2) is 8.31. The molecule has 2 saturated heterocycles. The molecule has 7 heteroatoms. The smallest absolute Gasteiger partial charge is 0.254 e. The van der Waals surface area contributed by atoms with Crippen LogP contribution in [0.25, 0.3) is 0 Å². The third kappa shape index (κ3) is 4.49. The van der Waals surface area contributed by atoms with Gasteiger partial charge in [0.15, 0.2) is 0 Å². The summed E-state index contributed by atoms with van der Waals surface area (Å²) in [6.07, 6.45) is 0.448. The molecule has 0 aliphatic carbocycles. The molecule has 2 fully saturated rings. The van der Waals surface area contributed by atoms with Gasteiger partial charge in [0, 0.05) is 50.7 Å². The maximum atomic E-state index is 12.6. The van der Waals surface area contributed by atoms with E-state index in [0.717, 1.165) is 6.54 Å². The lowest BCUT2D eigenvalue weighted by molar-refractivity contribution is -0.133. The fourth-order valence-corrected chi connectivity index (χ4v) is 3.19. The number of carbonyl (C=O) groups is 2. The van der Waals surface area contributed by atoms with Crippen molar-refractivity contribution in [2.75, 3.05) is 53.0 Å². The average Bonchev–Trinajstić information content (AvgIpc) is 2.68. The Morgan fingerprint density at radius 3 is 2.68 bits per heavy atom. The quantitative estimate of drug-likeness (QED) is 0.851. The van der Waals surface area contributed by atoms with E-state index in [1.165, 1.54) is 0 Å². The molecule has 2 aliphatic heterocycles. The largest absolute Gasteiger partial charge is 0.497 e. The van der Waals surface area contributed by atoms with Crippen molar-refractivity contribution in [1.29, 1.82) is 0 Å². The molecule has 1 aromatic rings. The fraction of sp³-hybridized carbons (Fsp3) is 0.556.